The standard InChI is InChI=1S/C5H9O2/c6-4-1-2-5(7)3-4/h4,6-7H,1-3H2. The van der Waals surface area contributed by atoms with Crippen molar-refractivity contribution < 1.29 is 10.2 Å². The Bertz CT molecular complexity index is 55.1. The Labute approximate surface area is 42.8 Å². The molecule has 1 aliphatic carbocycles. The maximum absolute atomic E-state index is 8.72. The van der Waals surface area contributed by atoms with Crippen LogP contribution in [0.15, 0.2) is 0 Å². The van der Waals surface area contributed by atoms with Crippen molar-refractivity contribution in [3.63, 3.8) is 0 Å². The van der Waals surface area contributed by atoms with Gasteiger partial charge in [-0.1, -0.05) is 0 Å². The van der Waals surface area contributed by atoms with Gasteiger partial charge in [-0.25, -0.2) is 0 Å². The molecule has 0 aromatic rings. The van der Waals surface area contributed by atoms with Crippen molar-refractivity contribution in [3.8, 4) is 0 Å². The van der Waals surface area contributed by atoms with Crippen LogP contribution in [0.3, 0.4) is 0 Å². The van der Waals surface area contributed by atoms with Crippen molar-refractivity contribution in [3.05, 3.63) is 6.10 Å². The fraction of sp³-hybridized carbons (Fsp3) is 0.800. The molecule has 2 nitrogen and oxygen atoms in total. The lowest BCUT2D eigenvalue weighted by molar-refractivity contribution is 0.173. The molecule has 1 rings (SSSR count). The van der Waals surface area contributed by atoms with Crippen molar-refractivity contribution in [2.24, 2.45) is 0 Å². The maximum Gasteiger partial charge on any atom is 0.0959 e. The summed E-state index contributed by atoms with van der Waals surface area (Å²) in [5.74, 6) is 0. The highest BCUT2D eigenvalue weighted by Gasteiger charge is 2.20. The second-order valence-electron chi connectivity index (χ2n) is 1.96. The first-order valence-corrected chi connectivity index (χ1v) is 2.51. The Hall–Kier alpha value is -0.0800. The summed E-state index contributed by atoms with van der Waals surface area (Å²) in [6.07, 6.45) is 2.12. The van der Waals surface area contributed by atoms with E-state index in [0.717, 1.165) is 6.42 Å². The highest BCUT2D eigenvalue weighted by atomic mass is 16.3. The molecule has 0 aromatic carbocycles. The molecule has 0 amide bonds. The van der Waals surface area contributed by atoms with Crippen LogP contribution in [0, 0.1) is 6.10 Å². The average molecular weight is 101 g/mol. The molecule has 2 heteroatoms. The van der Waals surface area contributed by atoms with Crippen LogP contribution in [-0.2, 0) is 0 Å². The first-order valence-electron chi connectivity index (χ1n) is 2.51. The summed E-state index contributed by atoms with van der Waals surface area (Å²) in [7, 11) is 0. The van der Waals surface area contributed by atoms with E-state index in [4.69, 9.17) is 10.2 Å². The van der Waals surface area contributed by atoms with Gasteiger partial charge in [0.1, 0.15) is 0 Å². The molecule has 1 saturated carbocycles. The zero-order valence-corrected chi connectivity index (χ0v) is 4.09. The average Bonchev–Trinajstić information content (AvgIpc) is 1.87. The summed E-state index contributed by atoms with van der Waals surface area (Å²) in [6.45, 7) is 0. The largest absolute Gasteiger partial charge is 0.393 e. The first kappa shape index (κ1) is 5.06. The summed E-state index contributed by atoms with van der Waals surface area (Å²) in [5.41, 5.74) is 0. The van der Waals surface area contributed by atoms with Gasteiger partial charge in [0, 0.05) is 6.42 Å². The predicted octanol–water partition coefficient (Wildman–Crippen LogP) is 0.436. The van der Waals surface area contributed by atoms with Crippen LogP contribution in [0.25, 0.3) is 0 Å². The number of hydrogen-bond acceptors (Lipinski definition) is 2. The minimum Gasteiger partial charge on any atom is -0.393 e. The SMILES string of the molecule is O[C]1CCC(O)C1. The van der Waals surface area contributed by atoms with E-state index in [-0.39, 0.29) is 6.10 Å². The minimum atomic E-state index is -0.264. The summed E-state index contributed by atoms with van der Waals surface area (Å²) in [5, 5.41) is 17.4. The fourth-order valence-corrected chi connectivity index (χ4v) is 0.809. The topological polar surface area (TPSA) is 40.5 Å². The normalized spacial score (nSPS) is 34.3. The van der Waals surface area contributed by atoms with Gasteiger partial charge in [-0.15, -0.1) is 0 Å². The molecule has 1 radical (unpaired) electrons. The molecule has 2 N–H and O–H groups in total. The zero-order chi connectivity index (χ0) is 5.28. The third kappa shape index (κ3) is 1.14. The van der Waals surface area contributed by atoms with Crippen molar-refractivity contribution in [2.45, 2.75) is 25.4 Å². The molecule has 0 spiro atoms. The Morgan fingerprint density at radius 2 is 2.29 bits per heavy atom. The molecule has 7 heavy (non-hydrogen) atoms. The van der Waals surface area contributed by atoms with Crippen LogP contribution in [0.4, 0.5) is 0 Å². The molecule has 1 atom stereocenters. The number of aliphatic hydroxyl groups is 2. The van der Waals surface area contributed by atoms with Crippen molar-refractivity contribution in [1.29, 1.82) is 0 Å². The van der Waals surface area contributed by atoms with Gasteiger partial charge in [-0.05, 0) is 12.8 Å². The molecule has 1 aliphatic rings. The van der Waals surface area contributed by atoms with Gasteiger partial charge in [-0.3, -0.25) is 0 Å². The van der Waals surface area contributed by atoms with Gasteiger partial charge in [0.05, 0.1) is 12.2 Å². The van der Waals surface area contributed by atoms with Crippen LogP contribution in [0.1, 0.15) is 19.3 Å². The minimum absolute atomic E-state index is 0.264. The van der Waals surface area contributed by atoms with E-state index in [9.17, 15) is 0 Å². The summed E-state index contributed by atoms with van der Waals surface area (Å²) >= 11 is 0. The van der Waals surface area contributed by atoms with Crippen LogP contribution >= 0.6 is 0 Å². The molecule has 0 saturated heterocycles. The predicted molar refractivity (Wildman–Crippen MR) is 25.0 cm³/mol. The van der Waals surface area contributed by atoms with E-state index in [1.165, 1.54) is 0 Å². The molecule has 1 fully saturated rings. The van der Waals surface area contributed by atoms with Crippen LogP contribution in [0.5, 0.6) is 0 Å². The fourth-order valence-electron chi connectivity index (χ4n) is 0.809. The Morgan fingerprint density at radius 3 is 2.43 bits per heavy atom. The number of hydrogen-bond donors (Lipinski definition) is 2. The Balaban J connectivity index is 2.26. The molecular formula is C5H9O2. The summed E-state index contributed by atoms with van der Waals surface area (Å²) < 4.78 is 0. The number of aliphatic hydroxyl groups excluding tert-OH is 2. The van der Waals surface area contributed by atoms with Crippen molar-refractivity contribution >= 4 is 0 Å². The first-order chi connectivity index (χ1) is 3.29. The van der Waals surface area contributed by atoms with E-state index >= 15 is 0 Å². The van der Waals surface area contributed by atoms with Gasteiger partial charge in [0.25, 0.3) is 0 Å². The van der Waals surface area contributed by atoms with Crippen LogP contribution < -0.4 is 0 Å². The van der Waals surface area contributed by atoms with Gasteiger partial charge in [-0.2, -0.15) is 0 Å². The van der Waals surface area contributed by atoms with Gasteiger partial charge < -0.3 is 10.2 Å². The lowest BCUT2D eigenvalue weighted by Gasteiger charge is -1.94. The lowest BCUT2D eigenvalue weighted by atomic mass is 10.3. The summed E-state index contributed by atoms with van der Waals surface area (Å²) in [6, 6.07) is 0. The lowest BCUT2D eigenvalue weighted by Crippen LogP contribution is -1.97. The molecule has 0 heterocycles. The van der Waals surface area contributed by atoms with E-state index < -0.39 is 0 Å². The molecule has 0 bridgehead atoms. The Morgan fingerprint density at radius 1 is 1.57 bits per heavy atom. The van der Waals surface area contributed by atoms with Crippen molar-refractivity contribution in [2.75, 3.05) is 0 Å². The van der Waals surface area contributed by atoms with E-state index in [1.54, 1.807) is 0 Å². The quantitative estimate of drug-likeness (QED) is 0.464. The second-order valence-corrected chi connectivity index (χ2v) is 1.96. The monoisotopic (exact) mass is 101 g/mol. The van der Waals surface area contributed by atoms with Crippen LogP contribution in [0.2, 0.25) is 0 Å². The molecular weight excluding hydrogens is 92.1 g/mol. The molecule has 0 aliphatic heterocycles. The Kier molecular flexibility index (Phi) is 1.30. The highest BCUT2D eigenvalue weighted by Crippen LogP contribution is 2.23. The zero-order valence-electron chi connectivity index (χ0n) is 4.09. The van der Waals surface area contributed by atoms with Crippen molar-refractivity contribution in [1.82, 2.24) is 0 Å². The van der Waals surface area contributed by atoms with Crippen LogP contribution in [-0.4, -0.2) is 16.3 Å². The van der Waals surface area contributed by atoms with E-state index in [1.807, 2.05) is 0 Å². The van der Waals surface area contributed by atoms with E-state index in [2.05, 4.69) is 0 Å². The second kappa shape index (κ2) is 1.80. The van der Waals surface area contributed by atoms with Gasteiger partial charge in [0.15, 0.2) is 0 Å². The third-order valence-corrected chi connectivity index (χ3v) is 1.24. The number of rotatable bonds is 0. The van der Waals surface area contributed by atoms with Gasteiger partial charge in [0.2, 0.25) is 0 Å². The van der Waals surface area contributed by atoms with Gasteiger partial charge >= 0.3 is 0 Å². The molecule has 1 unspecified atom stereocenters. The highest BCUT2D eigenvalue weighted by molar-refractivity contribution is 4.87. The molecule has 0 aromatic heterocycles. The molecule has 41 valence electrons. The third-order valence-electron chi connectivity index (χ3n) is 1.24. The maximum atomic E-state index is 8.72. The smallest absolute Gasteiger partial charge is 0.0959 e. The van der Waals surface area contributed by atoms with E-state index in [0.29, 0.717) is 18.9 Å². The summed E-state index contributed by atoms with van der Waals surface area (Å²) in [4.78, 5) is 0.